The molecule has 0 bridgehead atoms. The summed E-state index contributed by atoms with van der Waals surface area (Å²) in [6, 6.07) is 7.12. The number of hydrogen-bond donors (Lipinski definition) is 0. The first kappa shape index (κ1) is 17.4. The van der Waals surface area contributed by atoms with E-state index in [-0.39, 0.29) is 17.6 Å². The highest BCUT2D eigenvalue weighted by Crippen LogP contribution is 2.27. The SMILES string of the molecule is CN(C)CC(C(=O)N1CCN(C2CCC2)CC1)c1ccc(F)cc1. The average molecular weight is 333 g/mol. The Morgan fingerprint density at radius 1 is 1.17 bits per heavy atom. The summed E-state index contributed by atoms with van der Waals surface area (Å²) in [4.78, 5) is 19.6. The van der Waals surface area contributed by atoms with E-state index in [0.29, 0.717) is 6.54 Å². The van der Waals surface area contributed by atoms with E-state index in [1.165, 1.54) is 31.4 Å². The first-order valence-corrected chi connectivity index (χ1v) is 8.97. The van der Waals surface area contributed by atoms with E-state index in [1.54, 1.807) is 12.1 Å². The van der Waals surface area contributed by atoms with Gasteiger partial charge in [-0.1, -0.05) is 18.6 Å². The van der Waals surface area contributed by atoms with E-state index in [2.05, 4.69) is 4.90 Å². The van der Waals surface area contributed by atoms with Crippen molar-refractivity contribution in [2.24, 2.45) is 0 Å². The van der Waals surface area contributed by atoms with Gasteiger partial charge in [-0.2, -0.15) is 0 Å². The zero-order chi connectivity index (χ0) is 17.1. The molecule has 3 rings (SSSR count). The minimum atomic E-state index is -0.260. The van der Waals surface area contributed by atoms with Crippen LogP contribution in [-0.2, 0) is 4.79 Å². The van der Waals surface area contributed by atoms with Crippen molar-refractivity contribution in [1.82, 2.24) is 14.7 Å². The second kappa shape index (κ2) is 7.62. The zero-order valence-electron chi connectivity index (χ0n) is 14.7. The van der Waals surface area contributed by atoms with Gasteiger partial charge in [0.1, 0.15) is 5.82 Å². The molecule has 2 fully saturated rings. The number of halogens is 1. The van der Waals surface area contributed by atoms with Crippen LogP contribution in [-0.4, -0.2) is 73.5 Å². The van der Waals surface area contributed by atoms with Gasteiger partial charge in [0.25, 0.3) is 0 Å². The lowest BCUT2D eigenvalue weighted by molar-refractivity contribution is -0.135. The molecular formula is C19H28FN3O. The number of carbonyl (C=O) groups is 1. The number of amides is 1. The van der Waals surface area contributed by atoms with Crippen molar-refractivity contribution in [3.8, 4) is 0 Å². The van der Waals surface area contributed by atoms with Crippen LogP contribution in [0.15, 0.2) is 24.3 Å². The number of carbonyl (C=O) groups excluding carboxylic acids is 1. The van der Waals surface area contributed by atoms with Crippen LogP contribution in [0.4, 0.5) is 4.39 Å². The summed E-state index contributed by atoms with van der Waals surface area (Å²) in [6.07, 6.45) is 3.97. The zero-order valence-corrected chi connectivity index (χ0v) is 14.7. The first-order valence-electron chi connectivity index (χ1n) is 8.97. The second-order valence-corrected chi connectivity index (χ2v) is 7.31. The molecule has 1 saturated carbocycles. The van der Waals surface area contributed by atoms with E-state index in [0.717, 1.165) is 37.8 Å². The van der Waals surface area contributed by atoms with Gasteiger partial charge in [0.15, 0.2) is 0 Å². The summed E-state index contributed by atoms with van der Waals surface area (Å²) in [7, 11) is 3.94. The number of nitrogens with zero attached hydrogens (tertiary/aromatic N) is 3. The van der Waals surface area contributed by atoms with Gasteiger partial charge in [-0.3, -0.25) is 9.69 Å². The van der Waals surface area contributed by atoms with Crippen molar-refractivity contribution in [2.75, 3.05) is 46.8 Å². The summed E-state index contributed by atoms with van der Waals surface area (Å²) in [5.74, 6) is -0.316. The molecule has 132 valence electrons. The first-order chi connectivity index (χ1) is 11.5. The maximum atomic E-state index is 13.2. The van der Waals surface area contributed by atoms with Crippen LogP contribution in [0.2, 0.25) is 0 Å². The Hall–Kier alpha value is -1.46. The largest absolute Gasteiger partial charge is 0.340 e. The molecule has 4 nitrogen and oxygen atoms in total. The molecule has 24 heavy (non-hydrogen) atoms. The highest BCUT2D eigenvalue weighted by molar-refractivity contribution is 5.84. The number of rotatable bonds is 5. The lowest BCUT2D eigenvalue weighted by atomic mass is 9.91. The number of benzene rings is 1. The molecule has 0 aromatic heterocycles. The predicted octanol–water partition coefficient (Wildman–Crippen LogP) is 2.17. The highest BCUT2D eigenvalue weighted by atomic mass is 19.1. The Morgan fingerprint density at radius 3 is 2.29 bits per heavy atom. The van der Waals surface area contributed by atoms with Gasteiger partial charge in [-0.15, -0.1) is 0 Å². The summed E-state index contributed by atoms with van der Waals surface area (Å²) in [5.41, 5.74) is 0.900. The van der Waals surface area contributed by atoms with Crippen LogP contribution in [0.25, 0.3) is 0 Å². The maximum absolute atomic E-state index is 13.2. The molecular weight excluding hydrogens is 305 g/mol. The van der Waals surface area contributed by atoms with Crippen molar-refractivity contribution >= 4 is 5.91 Å². The second-order valence-electron chi connectivity index (χ2n) is 7.31. The lowest BCUT2D eigenvalue weighted by Gasteiger charge is -2.43. The predicted molar refractivity (Wildman–Crippen MR) is 93.5 cm³/mol. The number of likely N-dealkylation sites (N-methyl/N-ethyl adjacent to an activating group) is 1. The molecule has 0 radical (unpaired) electrons. The van der Waals surface area contributed by atoms with Gasteiger partial charge < -0.3 is 9.80 Å². The summed E-state index contributed by atoms with van der Waals surface area (Å²) < 4.78 is 13.2. The van der Waals surface area contributed by atoms with Crippen LogP contribution in [0.3, 0.4) is 0 Å². The van der Waals surface area contributed by atoms with Crippen molar-refractivity contribution < 1.29 is 9.18 Å². The minimum absolute atomic E-state index is 0.170. The third-order valence-electron chi connectivity index (χ3n) is 5.34. The van der Waals surface area contributed by atoms with E-state index in [9.17, 15) is 9.18 Å². The maximum Gasteiger partial charge on any atom is 0.231 e. The molecule has 1 aliphatic carbocycles. The average Bonchev–Trinajstić information content (AvgIpc) is 2.52. The van der Waals surface area contributed by atoms with Crippen LogP contribution < -0.4 is 0 Å². The number of piperazine rings is 1. The van der Waals surface area contributed by atoms with Crippen LogP contribution in [0, 0.1) is 5.82 Å². The number of hydrogen-bond acceptors (Lipinski definition) is 3. The fourth-order valence-corrected chi connectivity index (χ4v) is 3.67. The third-order valence-corrected chi connectivity index (χ3v) is 5.34. The highest BCUT2D eigenvalue weighted by Gasteiger charge is 2.32. The van der Waals surface area contributed by atoms with E-state index < -0.39 is 0 Å². The summed E-state index contributed by atoms with van der Waals surface area (Å²) >= 11 is 0. The lowest BCUT2D eigenvalue weighted by Crippen LogP contribution is -2.54. The molecule has 0 N–H and O–H groups in total. The quantitative estimate of drug-likeness (QED) is 0.826. The molecule has 1 atom stereocenters. The molecule has 2 aliphatic rings. The third kappa shape index (κ3) is 3.95. The molecule has 1 unspecified atom stereocenters. The Bertz CT molecular complexity index is 548. The molecule has 0 spiro atoms. The molecule has 1 aromatic carbocycles. The fraction of sp³-hybridized carbons (Fsp3) is 0.632. The van der Waals surface area contributed by atoms with Gasteiger partial charge in [0, 0.05) is 38.8 Å². The summed E-state index contributed by atoms with van der Waals surface area (Å²) in [6.45, 7) is 4.22. The Labute approximate surface area is 144 Å². The van der Waals surface area contributed by atoms with Gasteiger partial charge >= 0.3 is 0 Å². The van der Waals surface area contributed by atoms with Crippen molar-refractivity contribution in [3.05, 3.63) is 35.6 Å². The fourth-order valence-electron chi connectivity index (χ4n) is 3.67. The molecule has 1 saturated heterocycles. The summed E-state index contributed by atoms with van der Waals surface area (Å²) in [5, 5.41) is 0. The normalized spacial score (nSPS) is 20.9. The van der Waals surface area contributed by atoms with Crippen LogP contribution >= 0.6 is 0 Å². The Balaban J connectivity index is 1.66. The molecule has 1 aromatic rings. The van der Waals surface area contributed by atoms with Crippen LogP contribution in [0.1, 0.15) is 30.7 Å². The molecule has 5 heteroatoms. The van der Waals surface area contributed by atoms with Crippen molar-refractivity contribution in [3.63, 3.8) is 0 Å². The van der Waals surface area contributed by atoms with Gasteiger partial charge in [-0.05, 0) is 44.6 Å². The Morgan fingerprint density at radius 2 is 1.79 bits per heavy atom. The van der Waals surface area contributed by atoms with Gasteiger partial charge in [-0.25, -0.2) is 4.39 Å². The van der Waals surface area contributed by atoms with Crippen LogP contribution in [0.5, 0.6) is 0 Å². The topological polar surface area (TPSA) is 26.8 Å². The standard InChI is InChI=1S/C19H28FN3O/c1-21(2)14-18(15-6-8-16(20)9-7-15)19(24)23-12-10-22(11-13-23)17-4-3-5-17/h6-9,17-18H,3-5,10-14H2,1-2H3. The molecule has 1 amide bonds. The molecule has 1 aliphatic heterocycles. The molecule has 1 heterocycles. The van der Waals surface area contributed by atoms with Gasteiger partial charge in [0.05, 0.1) is 5.92 Å². The minimum Gasteiger partial charge on any atom is -0.340 e. The van der Waals surface area contributed by atoms with Crippen molar-refractivity contribution in [2.45, 2.75) is 31.2 Å². The van der Waals surface area contributed by atoms with Crippen molar-refractivity contribution in [1.29, 1.82) is 0 Å². The van der Waals surface area contributed by atoms with E-state index >= 15 is 0 Å². The monoisotopic (exact) mass is 333 g/mol. The Kier molecular flexibility index (Phi) is 5.51. The van der Waals surface area contributed by atoms with Gasteiger partial charge in [0.2, 0.25) is 5.91 Å². The van der Waals surface area contributed by atoms with E-state index in [1.807, 2.05) is 23.9 Å². The smallest absolute Gasteiger partial charge is 0.231 e. The van der Waals surface area contributed by atoms with E-state index in [4.69, 9.17) is 0 Å².